The summed E-state index contributed by atoms with van der Waals surface area (Å²) in [6.07, 6.45) is 0. The van der Waals surface area contributed by atoms with Crippen molar-refractivity contribution in [1.29, 1.82) is 0 Å². The SMILES string of the molecule is CCOC(=O)c1c(C)[nH]c(CN(Cc2ccccc2)C(=O)c2cc(OC)cc(OC)c2)c1C. The molecule has 3 rings (SSSR count). The van der Waals surface area contributed by atoms with Gasteiger partial charge >= 0.3 is 5.97 Å². The number of nitrogens with zero attached hydrogens (tertiary/aromatic N) is 1. The van der Waals surface area contributed by atoms with Crippen molar-refractivity contribution in [3.8, 4) is 11.5 Å². The molecular formula is C26H30N2O5. The predicted molar refractivity (Wildman–Crippen MR) is 126 cm³/mol. The molecule has 3 aromatic rings. The molecule has 1 aromatic heterocycles. The van der Waals surface area contributed by atoms with Crippen LogP contribution in [-0.4, -0.2) is 42.6 Å². The van der Waals surface area contributed by atoms with Crippen LogP contribution in [0.5, 0.6) is 11.5 Å². The van der Waals surface area contributed by atoms with Crippen LogP contribution in [0.25, 0.3) is 0 Å². The lowest BCUT2D eigenvalue weighted by atomic mass is 10.1. The first-order chi connectivity index (χ1) is 15.9. The second kappa shape index (κ2) is 10.7. The van der Waals surface area contributed by atoms with Crippen LogP contribution in [0.4, 0.5) is 0 Å². The quantitative estimate of drug-likeness (QED) is 0.479. The Hall–Kier alpha value is -3.74. The van der Waals surface area contributed by atoms with E-state index in [-0.39, 0.29) is 11.9 Å². The van der Waals surface area contributed by atoms with Gasteiger partial charge in [0.25, 0.3) is 5.91 Å². The summed E-state index contributed by atoms with van der Waals surface area (Å²) >= 11 is 0. The molecule has 0 fully saturated rings. The average Bonchev–Trinajstić information content (AvgIpc) is 3.11. The molecule has 174 valence electrons. The lowest BCUT2D eigenvalue weighted by Gasteiger charge is -2.23. The Morgan fingerprint density at radius 1 is 0.939 bits per heavy atom. The zero-order valence-corrected chi connectivity index (χ0v) is 19.7. The van der Waals surface area contributed by atoms with Gasteiger partial charge in [0.05, 0.1) is 32.9 Å². The van der Waals surface area contributed by atoms with Crippen LogP contribution in [0.15, 0.2) is 48.5 Å². The summed E-state index contributed by atoms with van der Waals surface area (Å²) in [5.74, 6) is 0.525. The fourth-order valence-electron chi connectivity index (χ4n) is 3.79. The second-order valence-corrected chi connectivity index (χ2v) is 7.70. The molecule has 1 heterocycles. The molecule has 2 aromatic carbocycles. The van der Waals surface area contributed by atoms with Gasteiger partial charge < -0.3 is 24.1 Å². The standard InChI is InChI=1S/C26H30N2O5/c1-6-33-26(30)24-17(2)23(27-18(24)3)16-28(15-19-10-8-7-9-11-19)25(29)20-12-21(31-4)14-22(13-20)32-5/h7-14,27H,6,15-16H2,1-5H3. The Balaban J connectivity index is 1.99. The van der Waals surface area contributed by atoms with Crippen LogP contribution in [-0.2, 0) is 17.8 Å². The molecule has 0 radical (unpaired) electrons. The molecule has 0 spiro atoms. The van der Waals surface area contributed by atoms with E-state index in [2.05, 4.69) is 4.98 Å². The Morgan fingerprint density at radius 2 is 1.58 bits per heavy atom. The highest BCUT2D eigenvalue weighted by atomic mass is 16.5. The van der Waals surface area contributed by atoms with Crippen molar-refractivity contribution < 1.29 is 23.8 Å². The lowest BCUT2D eigenvalue weighted by molar-refractivity contribution is 0.0524. The first kappa shape index (κ1) is 23.9. The van der Waals surface area contributed by atoms with Crippen molar-refractivity contribution in [2.75, 3.05) is 20.8 Å². The van der Waals surface area contributed by atoms with Crippen LogP contribution >= 0.6 is 0 Å². The van der Waals surface area contributed by atoms with Crippen LogP contribution < -0.4 is 9.47 Å². The Labute approximate surface area is 194 Å². The van der Waals surface area contributed by atoms with E-state index in [1.165, 1.54) is 0 Å². The molecule has 0 aliphatic carbocycles. The molecule has 0 unspecified atom stereocenters. The van der Waals surface area contributed by atoms with Gasteiger partial charge in [-0.1, -0.05) is 30.3 Å². The maximum Gasteiger partial charge on any atom is 0.340 e. The van der Waals surface area contributed by atoms with Gasteiger partial charge in [-0.25, -0.2) is 4.79 Å². The van der Waals surface area contributed by atoms with Crippen molar-refractivity contribution in [2.24, 2.45) is 0 Å². The van der Waals surface area contributed by atoms with Gasteiger partial charge in [0.2, 0.25) is 0 Å². The summed E-state index contributed by atoms with van der Waals surface area (Å²) in [6, 6.07) is 14.9. The number of nitrogens with one attached hydrogen (secondary N) is 1. The Bertz CT molecular complexity index is 1100. The van der Waals surface area contributed by atoms with Crippen LogP contribution in [0, 0.1) is 13.8 Å². The number of carbonyl (C=O) groups excluding carboxylic acids is 2. The van der Waals surface area contributed by atoms with Gasteiger partial charge in [-0.15, -0.1) is 0 Å². The van der Waals surface area contributed by atoms with E-state index >= 15 is 0 Å². The van der Waals surface area contributed by atoms with E-state index in [4.69, 9.17) is 14.2 Å². The van der Waals surface area contributed by atoms with Crippen LogP contribution in [0.2, 0.25) is 0 Å². The number of H-pyrrole nitrogens is 1. The minimum absolute atomic E-state index is 0.180. The summed E-state index contributed by atoms with van der Waals surface area (Å²) in [4.78, 5) is 31.1. The van der Waals surface area contributed by atoms with E-state index in [9.17, 15) is 9.59 Å². The van der Waals surface area contributed by atoms with E-state index in [1.807, 2.05) is 44.2 Å². The average molecular weight is 451 g/mol. The first-order valence-electron chi connectivity index (χ1n) is 10.8. The Kier molecular flexibility index (Phi) is 7.77. The van der Waals surface area contributed by atoms with Crippen molar-refractivity contribution >= 4 is 11.9 Å². The number of benzene rings is 2. The zero-order valence-electron chi connectivity index (χ0n) is 19.7. The summed E-state index contributed by atoms with van der Waals surface area (Å²) in [5.41, 5.74) is 4.24. The third-order valence-electron chi connectivity index (χ3n) is 5.47. The van der Waals surface area contributed by atoms with E-state index in [1.54, 1.807) is 44.2 Å². The van der Waals surface area contributed by atoms with Gasteiger partial charge in [-0.3, -0.25) is 4.79 Å². The fraction of sp³-hybridized carbons (Fsp3) is 0.308. The molecule has 0 atom stereocenters. The number of esters is 1. The summed E-state index contributed by atoms with van der Waals surface area (Å²) in [7, 11) is 3.10. The van der Waals surface area contributed by atoms with Crippen molar-refractivity contribution in [3.05, 3.63) is 82.2 Å². The topological polar surface area (TPSA) is 80.9 Å². The maximum atomic E-state index is 13.6. The third kappa shape index (κ3) is 5.55. The minimum atomic E-state index is -0.367. The number of methoxy groups -OCH3 is 2. The first-order valence-corrected chi connectivity index (χ1v) is 10.8. The number of aromatic nitrogens is 1. The van der Waals surface area contributed by atoms with Gasteiger partial charge in [0.15, 0.2) is 0 Å². The minimum Gasteiger partial charge on any atom is -0.497 e. The molecule has 0 saturated carbocycles. The van der Waals surface area contributed by atoms with E-state index < -0.39 is 0 Å². The highest BCUT2D eigenvalue weighted by Crippen LogP contribution is 2.26. The van der Waals surface area contributed by atoms with Crippen molar-refractivity contribution in [3.63, 3.8) is 0 Å². The molecule has 1 amide bonds. The van der Waals surface area contributed by atoms with Gasteiger partial charge in [0.1, 0.15) is 11.5 Å². The maximum absolute atomic E-state index is 13.6. The molecule has 0 bridgehead atoms. The molecule has 7 heteroatoms. The highest BCUT2D eigenvalue weighted by molar-refractivity contribution is 5.95. The third-order valence-corrected chi connectivity index (χ3v) is 5.47. The largest absolute Gasteiger partial charge is 0.497 e. The monoisotopic (exact) mass is 450 g/mol. The number of carbonyl (C=O) groups is 2. The predicted octanol–water partition coefficient (Wildman–Crippen LogP) is 4.67. The number of ether oxygens (including phenoxy) is 3. The normalized spacial score (nSPS) is 10.6. The smallest absolute Gasteiger partial charge is 0.340 e. The molecular weight excluding hydrogens is 420 g/mol. The lowest BCUT2D eigenvalue weighted by Crippen LogP contribution is -2.30. The number of aromatic amines is 1. The molecule has 1 N–H and O–H groups in total. The molecule has 0 aliphatic rings. The van der Waals surface area contributed by atoms with Gasteiger partial charge in [-0.2, -0.15) is 0 Å². The number of rotatable bonds is 9. The Morgan fingerprint density at radius 3 is 2.15 bits per heavy atom. The summed E-state index contributed by atoms with van der Waals surface area (Å²) in [5, 5.41) is 0. The summed E-state index contributed by atoms with van der Waals surface area (Å²) in [6.45, 7) is 6.46. The summed E-state index contributed by atoms with van der Waals surface area (Å²) < 4.78 is 15.9. The zero-order chi connectivity index (χ0) is 24.0. The molecule has 33 heavy (non-hydrogen) atoms. The van der Waals surface area contributed by atoms with E-state index in [0.717, 1.165) is 22.5 Å². The number of amides is 1. The number of hydrogen-bond donors (Lipinski definition) is 1. The fourth-order valence-corrected chi connectivity index (χ4v) is 3.79. The number of aryl methyl sites for hydroxylation is 1. The van der Waals surface area contributed by atoms with Gasteiger partial charge in [-0.05, 0) is 44.0 Å². The van der Waals surface area contributed by atoms with Crippen LogP contribution in [0.1, 0.15) is 50.2 Å². The van der Waals surface area contributed by atoms with Crippen LogP contribution in [0.3, 0.4) is 0 Å². The molecule has 0 aliphatic heterocycles. The number of hydrogen-bond acceptors (Lipinski definition) is 5. The van der Waals surface area contributed by atoms with E-state index in [0.29, 0.717) is 42.3 Å². The highest BCUT2D eigenvalue weighted by Gasteiger charge is 2.24. The molecule has 7 nitrogen and oxygen atoms in total. The van der Waals surface area contributed by atoms with Gasteiger partial charge in [0, 0.05) is 29.6 Å². The van der Waals surface area contributed by atoms with Crippen molar-refractivity contribution in [2.45, 2.75) is 33.9 Å². The second-order valence-electron chi connectivity index (χ2n) is 7.70. The van der Waals surface area contributed by atoms with Crippen molar-refractivity contribution in [1.82, 2.24) is 9.88 Å². The molecule has 0 saturated heterocycles.